The van der Waals surface area contributed by atoms with Crippen LogP contribution in [-0.2, 0) is 19.1 Å². The molecule has 1 aromatic heterocycles. The summed E-state index contributed by atoms with van der Waals surface area (Å²) in [6, 6.07) is 20.4. The number of halogens is 1. The minimum absolute atomic E-state index is 0.0151. The van der Waals surface area contributed by atoms with Crippen LogP contribution < -0.4 is 25.6 Å². The number of thiazole rings is 1. The van der Waals surface area contributed by atoms with E-state index in [1.807, 2.05) is 88.7 Å². The maximum atomic E-state index is 14.1. The molecule has 0 bridgehead atoms. The molecule has 4 N–H and O–H groups in total. The maximum Gasteiger partial charge on any atom is 0.251 e. The molecule has 1 saturated carbocycles. The zero-order valence-electron chi connectivity index (χ0n) is 41.7. The summed E-state index contributed by atoms with van der Waals surface area (Å²) in [5, 5.41) is 29.4. The smallest absolute Gasteiger partial charge is 0.251 e. The first-order valence-electron chi connectivity index (χ1n) is 24.0. The van der Waals surface area contributed by atoms with Gasteiger partial charge in [-0.15, -0.1) is 11.3 Å². The Labute approximate surface area is 420 Å². The lowest BCUT2D eigenvalue weighted by Gasteiger charge is -2.63. The summed E-state index contributed by atoms with van der Waals surface area (Å²) < 4.78 is 12.2. The van der Waals surface area contributed by atoms with Crippen LogP contribution >= 0.6 is 22.9 Å². The zero-order chi connectivity index (χ0) is 50.7. The molecule has 0 unspecified atom stereocenters. The summed E-state index contributed by atoms with van der Waals surface area (Å²) in [6.07, 6.45) is -0.987. The first-order valence-corrected chi connectivity index (χ1v) is 25.2. The summed E-state index contributed by atoms with van der Waals surface area (Å²) in [7, 11) is 0. The third kappa shape index (κ3) is 11.6. The van der Waals surface area contributed by atoms with E-state index in [9.17, 15) is 29.5 Å². The molecule has 4 amide bonds. The number of carbonyl (C=O) groups is 4. The molecule has 4 aromatic rings. The Kier molecular flexibility index (Phi) is 16.0. The number of carbonyl (C=O) groups excluding carboxylic acids is 4. The van der Waals surface area contributed by atoms with Gasteiger partial charge in [-0.05, 0) is 66.8 Å². The van der Waals surface area contributed by atoms with Crippen molar-refractivity contribution in [3.63, 3.8) is 0 Å². The standard InChI is InChI=1S/C53H67ClN8O7S/c1-32(34-10-12-35(13-11-34)44-33(2)56-31-70-44)57-47(66)42-26-39(63)29-62(42)48(67)45(51(3,4)5)58-43(64)30-68-25-24-60-20-22-61(23-21-60)38-17-14-36(15-18-38)46(65)59-49-52(6,7)50(53(49,8)9)69-40-19-16-37(28-55)41(54)27-40/h10-19,27,31-32,39,42,45,49-50,63H,20-26,29-30H2,1-9H3,(H,57,66)(H,58,64)(H,59,65)/t32-,39+,42-,45+,49-,50-/m0/s1. The van der Waals surface area contributed by atoms with Crippen LogP contribution in [0.4, 0.5) is 5.69 Å². The third-order valence-electron chi connectivity index (χ3n) is 14.1. The van der Waals surface area contributed by atoms with Gasteiger partial charge in [0.15, 0.2) is 0 Å². The van der Waals surface area contributed by atoms with Crippen LogP contribution in [0.1, 0.15) is 95.0 Å². The predicted octanol–water partition coefficient (Wildman–Crippen LogP) is 6.76. The monoisotopic (exact) mass is 994 g/mol. The lowest BCUT2D eigenvalue weighted by molar-refractivity contribution is -0.164. The number of aliphatic hydroxyl groups is 1. The summed E-state index contributed by atoms with van der Waals surface area (Å²) in [5.74, 6) is -0.804. The van der Waals surface area contributed by atoms with Crippen LogP contribution in [0.15, 0.2) is 72.2 Å². The molecule has 17 heteroatoms. The highest BCUT2D eigenvalue weighted by molar-refractivity contribution is 7.13. The fraction of sp³-hybridized carbons (Fsp3) is 0.509. The average molecular weight is 996 g/mol. The van der Waals surface area contributed by atoms with E-state index in [1.165, 1.54) is 4.90 Å². The van der Waals surface area contributed by atoms with E-state index in [2.05, 4.69) is 64.5 Å². The number of nitriles is 1. The number of aromatic nitrogens is 1. The highest BCUT2D eigenvalue weighted by Gasteiger charge is 2.64. The van der Waals surface area contributed by atoms with Crippen LogP contribution in [0, 0.1) is 34.5 Å². The number of rotatable bonds is 16. The van der Waals surface area contributed by atoms with E-state index in [0.29, 0.717) is 35.1 Å². The number of hydrogen-bond donors (Lipinski definition) is 4. The van der Waals surface area contributed by atoms with Crippen molar-refractivity contribution in [3.05, 3.63) is 99.6 Å². The van der Waals surface area contributed by atoms with Crippen molar-refractivity contribution >= 4 is 52.3 Å². The van der Waals surface area contributed by atoms with Crippen LogP contribution in [0.2, 0.25) is 5.02 Å². The highest BCUT2D eigenvalue weighted by atomic mass is 35.5. The van der Waals surface area contributed by atoms with E-state index in [-0.39, 0.29) is 60.4 Å². The molecule has 1 aliphatic carbocycles. The molecule has 15 nitrogen and oxygen atoms in total. The summed E-state index contributed by atoms with van der Waals surface area (Å²) in [6.45, 7) is 21.6. The largest absolute Gasteiger partial charge is 0.489 e. The molecule has 3 aromatic carbocycles. The predicted molar refractivity (Wildman–Crippen MR) is 272 cm³/mol. The van der Waals surface area contributed by atoms with E-state index < -0.39 is 35.4 Å². The molecule has 0 spiro atoms. The Balaban J connectivity index is 0.831. The number of nitrogens with zero attached hydrogens (tertiary/aromatic N) is 5. The van der Waals surface area contributed by atoms with Crippen LogP contribution in [-0.4, -0.2) is 126 Å². The molecule has 70 heavy (non-hydrogen) atoms. The van der Waals surface area contributed by atoms with Gasteiger partial charge in [0.1, 0.15) is 36.6 Å². The van der Waals surface area contributed by atoms with Crippen molar-refractivity contribution in [3.8, 4) is 22.3 Å². The van der Waals surface area contributed by atoms with Crippen molar-refractivity contribution in [2.75, 3.05) is 57.4 Å². The quantitative estimate of drug-likeness (QED) is 0.0869. The summed E-state index contributed by atoms with van der Waals surface area (Å²) in [4.78, 5) is 66.0. The number of aliphatic hydroxyl groups excluding tert-OH is 1. The number of aryl methyl sites for hydroxylation is 1. The summed E-state index contributed by atoms with van der Waals surface area (Å²) in [5.41, 5.74) is 5.26. The number of likely N-dealkylation sites (tertiary alicyclic amines) is 1. The minimum Gasteiger partial charge on any atom is -0.489 e. The summed E-state index contributed by atoms with van der Waals surface area (Å²) >= 11 is 7.83. The SMILES string of the molecule is Cc1ncsc1-c1ccc([C@H](C)NC(=O)[C@@H]2C[C@@H](O)CN2C(=O)[C@@H](NC(=O)COCCN2CCN(c3ccc(C(=O)N[C@H]4C(C)(C)[C@H](Oc5ccc(C#N)c(Cl)c5)C4(C)C)cc3)CC2)C(C)(C)C)cc1. The first kappa shape index (κ1) is 52.3. The van der Waals surface area contributed by atoms with Gasteiger partial charge in [-0.1, -0.05) is 84.3 Å². The van der Waals surface area contributed by atoms with Crippen LogP contribution in [0.25, 0.3) is 10.4 Å². The topological polar surface area (TPSA) is 189 Å². The Morgan fingerprint density at radius 3 is 2.24 bits per heavy atom. The van der Waals surface area contributed by atoms with E-state index in [1.54, 1.807) is 29.5 Å². The van der Waals surface area contributed by atoms with Gasteiger partial charge in [0.2, 0.25) is 17.7 Å². The second-order valence-electron chi connectivity index (χ2n) is 21.1. The molecule has 374 valence electrons. The Morgan fingerprint density at radius 1 is 0.971 bits per heavy atom. The van der Waals surface area contributed by atoms with Crippen LogP contribution in [0.5, 0.6) is 5.75 Å². The number of anilines is 1. The fourth-order valence-electron chi connectivity index (χ4n) is 10.4. The molecular formula is C53H67ClN8O7S. The fourth-order valence-corrected chi connectivity index (χ4v) is 11.5. The normalized spacial score (nSPS) is 21.7. The number of β-amino-alcohol motifs (C(OH)–C–C–N with tert-alkyl or cyclic N) is 1. The van der Waals surface area contributed by atoms with Crippen molar-refractivity contribution in [1.82, 2.24) is 30.7 Å². The van der Waals surface area contributed by atoms with Gasteiger partial charge < -0.3 is 40.3 Å². The first-order chi connectivity index (χ1) is 33.1. The van der Waals surface area contributed by atoms with Gasteiger partial charge in [-0.3, -0.25) is 24.1 Å². The number of hydrogen-bond acceptors (Lipinski definition) is 12. The van der Waals surface area contributed by atoms with Gasteiger partial charge in [0, 0.05) is 79.9 Å². The molecular weight excluding hydrogens is 928 g/mol. The molecule has 4 atom stereocenters. The molecule has 2 saturated heterocycles. The van der Waals surface area contributed by atoms with Crippen molar-refractivity contribution < 1.29 is 33.8 Å². The maximum absolute atomic E-state index is 14.1. The zero-order valence-corrected chi connectivity index (χ0v) is 43.2. The minimum atomic E-state index is -0.960. The second kappa shape index (κ2) is 21.4. The van der Waals surface area contributed by atoms with Crippen molar-refractivity contribution in [2.45, 2.75) is 105 Å². The van der Waals surface area contributed by atoms with E-state index in [0.717, 1.165) is 53.6 Å². The molecule has 0 radical (unpaired) electrons. The Morgan fingerprint density at radius 2 is 1.64 bits per heavy atom. The highest BCUT2D eigenvalue weighted by Crippen LogP contribution is 2.55. The lowest BCUT2D eigenvalue weighted by atomic mass is 9.49. The van der Waals surface area contributed by atoms with E-state index in [4.69, 9.17) is 21.1 Å². The van der Waals surface area contributed by atoms with Crippen molar-refractivity contribution in [2.24, 2.45) is 16.2 Å². The van der Waals surface area contributed by atoms with Gasteiger partial charge in [0.25, 0.3) is 5.91 Å². The molecule has 2 aliphatic heterocycles. The molecule has 7 rings (SSSR count). The van der Waals surface area contributed by atoms with Crippen molar-refractivity contribution in [1.29, 1.82) is 5.26 Å². The van der Waals surface area contributed by atoms with E-state index >= 15 is 0 Å². The number of ether oxygens (including phenoxy) is 2. The Bertz CT molecular complexity index is 2550. The molecule has 3 fully saturated rings. The van der Waals surface area contributed by atoms with Gasteiger partial charge in [0.05, 0.1) is 45.4 Å². The van der Waals surface area contributed by atoms with Crippen LogP contribution in [0.3, 0.4) is 0 Å². The second-order valence-corrected chi connectivity index (χ2v) is 22.4. The number of nitrogens with one attached hydrogen (secondary N) is 3. The third-order valence-corrected chi connectivity index (χ3v) is 15.4. The molecule has 3 aliphatic rings. The van der Waals surface area contributed by atoms with Gasteiger partial charge in [-0.25, -0.2) is 4.98 Å². The number of piperazine rings is 1. The number of amides is 4. The Hall–Kier alpha value is -5.57. The average Bonchev–Trinajstić information content (AvgIpc) is 3.95. The van der Waals surface area contributed by atoms with Gasteiger partial charge in [-0.2, -0.15) is 5.26 Å². The number of benzene rings is 3. The van der Waals surface area contributed by atoms with Gasteiger partial charge >= 0.3 is 0 Å². The molecule has 3 heterocycles. The lowest BCUT2D eigenvalue weighted by Crippen LogP contribution is -2.74.